The maximum absolute atomic E-state index is 11.8. The predicted molar refractivity (Wildman–Crippen MR) is 82.6 cm³/mol. The molecule has 0 spiro atoms. The van der Waals surface area contributed by atoms with Crippen LogP contribution in [0.3, 0.4) is 0 Å². The molecule has 1 aromatic carbocycles. The monoisotopic (exact) mass is 277 g/mol. The number of hydrogen-bond acceptors (Lipinski definition) is 2. The van der Waals surface area contributed by atoms with E-state index >= 15 is 0 Å². The highest BCUT2D eigenvalue weighted by atomic mass is 16.5. The molecule has 3 heteroatoms. The fourth-order valence-electron chi connectivity index (χ4n) is 1.70. The van der Waals surface area contributed by atoms with Crippen LogP contribution in [-0.2, 0) is 22.6 Å². The van der Waals surface area contributed by atoms with E-state index in [1.807, 2.05) is 65.8 Å². The molecule has 0 fully saturated rings. The Morgan fingerprint density at radius 2 is 1.50 bits per heavy atom. The zero-order chi connectivity index (χ0) is 15.4. The highest BCUT2D eigenvalue weighted by molar-refractivity contribution is 5.79. The lowest BCUT2D eigenvalue weighted by Gasteiger charge is -2.20. The van der Waals surface area contributed by atoms with Gasteiger partial charge in [0.2, 0.25) is 5.91 Å². The smallest absolute Gasteiger partial charge is 0.224 e. The first-order chi connectivity index (χ1) is 9.05. The Hall–Kier alpha value is -1.35. The number of nitrogens with one attached hydrogen (secondary N) is 1. The molecule has 0 unspecified atom stereocenters. The van der Waals surface area contributed by atoms with Gasteiger partial charge in [-0.3, -0.25) is 4.79 Å². The van der Waals surface area contributed by atoms with E-state index in [1.54, 1.807) is 0 Å². The van der Waals surface area contributed by atoms with Gasteiger partial charge in [-0.2, -0.15) is 0 Å². The third kappa shape index (κ3) is 7.29. The van der Waals surface area contributed by atoms with Crippen LogP contribution < -0.4 is 5.32 Å². The molecule has 0 bridgehead atoms. The summed E-state index contributed by atoms with van der Waals surface area (Å²) in [5, 5.41) is 2.96. The van der Waals surface area contributed by atoms with Gasteiger partial charge < -0.3 is 10.1 Å². The number of rotatable bonds is 4. The minimum Gasteiger partial charge on any atom is -0.371 e. The van der Waals surface area contributed by atoms with Crippen molar-refractivity contribution in [2.45, 2.75) is 65.7 Å². The van der Waals surface area contributed by atoms with Crippen LogP contribution in [0.5, 0.6) is 0 Å². The Balaban J connectivity index is 2.52. The van der Waals surface area contributed by atoms with E-state index in [-0.39, 0.29) is 17.0 Å². The first-order valence-electron chi connectivity index (χ1n) is 7.08. The van der Waals surface area contributed by atoms with Gasteiger partial charge in [-0.15, -0.1) is 0 Å². The summed E-state index contributed by atoms with van der Waals surface area (Å²) in [5.74, 6) is 0.0520. The Morgan fingerprint density at radius 1 is 1.00 bits per heavy atom. The third-order valence-corrected chi connectivity index (χ3v) is 2.57. The number of amides is 1. The second kappa shape index (κ2) is 6.40. The minimum absolute atomic E-state index is 0.0520. The van der Waals surface area contributed by atoms with Crippen molar-refractivity contribution >= 4 is 5.91 Å². The molecule has 0 atom stereocenters. The van der Waals surface area contributed by atoms with Crippen molar-refractivity contribution in [2.75, 3.05) is 0 Å². The first-order valence-corrected chi connectivity index (χ1v) is 7.08. The molecule has 1 aromatic rings. The summed E-state index contributed by atoms with van der Waals surface area (Å²) < 4.78 is 5.72. The molecule has 0 radical (unpaired) electrons. The number of benzene rings is 1. The lowest BCUT2D eigenvalue weighted by Crippen LogP contribution is -2.41. The largest absolute Gasteiger partial charge is 0.371 e. The number of carbonyl (C=O) groups excluding carboxylic acids is 1. The number of hydrogen-bond donors (Lipinski definition) is 1. The quantitative estimate of drug-likeness (QED) is 0.915. The van der Waals surface area contributed by atoms with Crippen LogP contribution in [0, 0.1) is 0 Å². The third-order valence-electron chi connectivity index (χ3n) is 2.57. The lowest BCUT2D eigenvalue weighted by atomic mass is 10.1. The molecular weight excluding hydrogens is 250 g/mol. The Kier molecular flexibility index (Phi) is 5.35. The average molecular weight is 277 g/mol. The van der Waals surface area contributed by atoms with E-state index in [1.165, 1.54) is 0 Å². The molecule has 0 aliphatic rings. The van der Waals surface area contributed by atoms with Crippen LogP contribution in [0.1, 0.15) is 52.7 Å². The number of ether oxygens (including phenoxy) is 1. The average Bonchev–Trinajstić information content (AvgIpc) is 2.24. The van der Waals surface area contributed by atoms with Crippen molar-refractivity contribution in [1.29, 1.82) is 0 Å². The summed E-state index contributed by atoms with van der Waals surface area (Å²) in [7, 11) is 0. The maximum Gasteiger partial charge on any atom is 0.224 e. The zero-order valence-corrected chi connectivity index (χ0v) is 13.5. The van der Waals surface area contributed by atoms with Gasteiger partial charge in [0, 0.05) is 5.54 Å². The molecule has 1 N–H and O–H groups in total. The molecule has 0 aliphatic carbocycles. The first kappa shape index (κ1) is 16.7. The fraction of sp³-hybridized carbons (Fsp3) is 0.588. The van der Waals surface area contributed by atoms with Crippen molar-refractivity contribution in [2.24, 2.45) is 0 Å². The molecule has 112 valence electrons. The molecule has 0 heterocycles. The topological polar surface area (TPSA) is 38.3 Å². The summed E-state index contributed by atoms with van der Waals surface area (Å²) >= 11 is 0. The fourth-order valence-corrected chi connectivity index (χ4v) is 1.70. The van der Waals surface area contributed by atoms with Crippen LogP contribution in [0.25, 0.3) is 0 Å². The van der Waals surface area contributed by atoms with Gasteiger partial charge in [-0.25, -0.2) is 0 Å². The maximum atomic E-state index is 11.8. The normalized spacial score (nSPS) is 12.3. The molecule has 0 saturated heterocycles. The Bertz CT molecular complexity index is 436. The van der Waals surface area contributed by atoms with Crippen LogP contribution >= 0.6 is 0 Å². The predicted octanol–water partition coefficient (Wildman–Crippen LogP) is 3.46. The van der Waals surface area contributed by atoms with Gasteiger partial charge in [-0.05, 0) is 52.7 Å². The van der Waals surface area contributed by atoms with Gasteiger partial charge in [-0.1, -0.05) is 24.3 Å². The Labute approximate surface area is 122 Å². The van der Waals surface area contributed by atoms with E-state index in [0.717, 1.165) is 11.1 Å². The molecule has 0 aliphatic heterocycles. The molecule has 1 amide bonds. The summed E-state index contributed by atoms with van der Waals surface area (Å²) in [5.41, 5.74) is 1.83. The van der Waals surface area contributed by atoms with Crippen molar-refractivity contribution in [3.8, 4) is 0 Å². The number of carbonyl (C=O) groups is 1. The van der Waals surface area contributed by atoms with Crippen molar-refractivity contribution in [3.63, 3.8) is 0 Å². The molecule has 0 aromatic heterocycles. The van der Waals surface area contributed by atoms with Gasteiger partial charge in [0.15, 0.2) is 0 Å². The molecule has 3 nitrogen and oxygen atoms in total. The minimum atomic E-state index is -0.183. The SMILES string of the molecule is CC(C)(C)NC(=O)Cc1ccc(COC(C)(C)C)cc1. The molecule has 0 saturated carbocycles. The second-order valence-corrected chi connectivity index (χ2v) is 7.19. The van der Waals surface area contributed by atoms with E-state index in [9.17, 15) is 4.79 Å². The summed E-state index contributed by atoms with van der Waals surface area (Å²) in [6.45, 7) is 12.7. The Morgan fingerprint density at radius 3 is 1.95 bits per heavy atom. The van der Waals surface area contributed by atoms with Gasteiger partial charge in [0.05, 0.1) is 18.6 Å². The van der Waals surface area contributed by atoms with Crippen LogP contribution in [-0.4, -0.2) is 17.0 Å². The van der Waals surface area contributed by atoms with Crippen LogP contribution in [0.2, 0.25) is 0 Å². The van der Waals surface area contributed by atoms with Crippen molar-refractivity contribution in [3.05, 3.63) is 35.4 Å². The molecule has 20 heavy (non-hydrogen) atoms. The second-order valence-electron chi connectivity index (χ2n) is 7.19. The van der Waals surface area contributed by atoms with E-state index in [2.05, 4.69) is 5.32 Å². The van der Waals surface area contributed by atoms with Gasteiger partial charge in [0.25, 0.3) is 0 Å². The lowest BCUT2D eigenvalue weighted by molar-refractivity contribution is -0.121. The van der Waals surface area contributed by atoms with Crippen LogP contribution in [0.4, 0.5) is 0 Å². The molecular formula is C17H27NO2. The van der Waals surface area contributed by atoms with E-state index < -0.39 is 0 Å². The van der Waals surface area contributed by atoms with Gasteiger partial charge >= 0.3 is 0 Å². The van der Waals surface area contributed by atoms with E-state index in [4.69, 9.17) is 4.74 Å². The van der Waals surface area contributed by atoms with Crippen molar-refractivity contribution < 1.29 is 9.53 Å². The zero-order valence-electron chi connectivity index (χ0n) is 13.5. The van der Waals surface area contributed by atoms with E-state index in [0.29, 0.717) is 13.0 Å². The summed E-state index contributed by atoms with van der Waals surface area (Å²) in [4.78, 5) is 11.8. The van der Waals surface area contributed by atoms with Crippen LogP contribution in [0.15, 0.2) is 24.3 Å². The molecule has 1 rings (SSSR count). The summed E-state index contributed by atoms with van der Waals surface area (Å²) in [6.07, 6.45) is 0.414. The highest BCUT2D eigenvalue weighted by Gasteiger charge is 2.14. The van der Waals surface area contributed by atoms with Crippen molar-refractivity contribution in [1.82, 2.24) is 5.32 Å². The standard InChI is InChI=1S/C17H27NO2/c1-16(2,3)18-15(19)11-13-7-9-14(10-8-13)12-20-17(4,5)6/h7-10H,11-12H2,1-6H3,(H,18,19). The highest BCUT2D eigenvalue weighted by Crippen LogP contribution is 2.13. The van der Waals surface area contributed by atoms with Gasteiger partial charge in [0.1, 0.15) is 0 Å². The summed E-state index contributed by atoms with van der Waals surface area (Å²) in [6, 6.07) is 8.02.